The van der Waals surface area contributed by atoms with Crippen molar-refractivity contribution in [3.63, 3.8) is 0 Å². The van der Waals surface area contributed by atoms with Crippen molar-refractivity contribution in [1.29, 1.82) is 0 Å². The molecule has 6 nitrogen and oxygen atoms in total. The van der Waals surface area contributed by atoms with Gasteiger partial charge in [0.2, 0.25) is 0 Å². The maximum Gasteiger partial charge on any atom is 0.255 e. The number of fused-ring (bicyclic) bond motifs is 2. The van der Waals surface area contributed by atoms with Crippen molar-refractivity contribution < 1.29 is 9.59 Å². The summed E-state index contributed by atoms with van der Waals surface area (Å²) in [5.74, 6) is 0.0183. The first-order valence-corrected chi connectivity index (χ1v) is 8.74. The van der Waals surface area contributed by atoms with Crippen molar-refractivity contribution in [3.05, 3.63) is 35.4 Å². The van der Waals surface area contributed by atoms with Gasteiger partial charge in [0.05, 0.1) is 26.2 Å². The van der Waals surface area contributed by atoms with Crippen LogP contribution in [-0.2, 0) is 22.7 Å². The molecule has 2 aliphatic heterocycles. The van der Waals surface area contributed by atoms with Gasteiger partial charge < -0.3 is 4.90 Å². The van der Waals surface area contributed by atoms with Crippen LogP contribution < -0.4 is 0 Å². The fourth-order valence-corrected chi connectivity index (χ4v) is 3.39. The molecule has 0 saturated carbocycles. The molecule has 0 spiro atoms. The van der Waals surface area contributed by atoms with Crippen molar-refractivity contribution in [3.8, 4) is 0 Å². The fourth-order valence-electron chi connectivity index (χ4n) is 3.39. The number of hydrogen-bond acceptors (Lipinski definition) is 4. The number of amides is 2. The van der Waals surface area contributed by atoms with E-state index in [1.165, 1.54) is 0 Å². The van der Waals surface area contributed by atoms with Gasteiger partial charge in [-0.2, -0.15) is 0 Å². The van der Waals surface area contributed by atoms with Crippen LogP contribution in [0.5, 0.6) is 0 Å². The molecule has 1 saturated heterocycles. The maximum atomic E-state index is 12.7. The Morgan fingerprint density at radius 2 is 1.38 bits per heavy atom. The van der Waals surface area contributed by atoms with E-state index in [-0.39, 0.29) is 11.8 Å². The van der Waals surface area contributed by atoms with Crippen LogP contribution in [0.2, 0.25) is 0 Å². The zero-order valence-electron chi connectivity index (χ0n) is 14.6. The molecule has 130 valence electrons. The highest BCUT2D eigenvalue weighted by molar-refractivity contribution is 5.87. The molecule has 6 heteroatoms. The molecule has 2 heterocycles. The van der Waals surface area contributed by atoms with E-state index >= 15 is 0 Å². The van der Waals surface area contributed by atoms with E-state index in [4.69, 9.17) is 0 Å². The highest BCUT2D eigenvalue weighted by atomic mass is 16.2. The van der Waals surface area contributed by atoms with E-state index in [1.807, 2.05) is 29.2 Å². The largest absolute Gasteiger partial charge is 0.303 e. The summed E-state index contributed by atoms with van der Waals surface area (Å²) in [6.45, 7) is 9.46. The van der Waals surface area contributed by atoms with Gasteiger partial charge in [0.15, 0.2) is 0 Å². The zero-order valence-corrected chi connectivity index (χ0v) is 14.6. The van der Waals surface area contributed by atoms with Crippen LogP contribution in [0.1, 0.15) is 25.0 Å². The van der Waals surface area contributed by atoms with Gasteiger partial charge >= 0.3 is 0 Å². The lowest BCUT2D eigenvalue weighted by molar-refractivity contribution is -0.164. The highest BCUT2D eigenvalue weighted by Crippen LogP contribution is 2.24. The van der Waals surface area contributed by atoms with E-state index in [0.717, 1.165) is 37.3 Å². The Kier molecular flexibility index (Phi) is 5.16. The summed E-state index contributed by atoms with van der Waals surface area (Å²) in [6.07, 6.45) is 0. The van der Waals surface area contributed by atoms with Gasteiger partial charge in [-0.25, -0.2) is 10.0 Å². The molecular formula is C18H26N4O2. The predicted octanol–water partition coefficient (Wildman–Crippen LogP) is 0.930. The molecule has 0 bridgehead atoms. The molecule has 1 aromatic rings. The molecule has 1 fully saturated rings. The molecule has 3 rings (SSSR count). The summed E-state index contributed by atoms with van der Waals surface area (Å²) in [5.41, 5.74) is 2.26. The summed E-state index contributed by atoms with van der Waals surface area (Å²) in [4.78, 5) is 29.6. The van der Waals surface area contributed by atoms with Crippen molar-refractivity contribution in [2.45, 2.75) is 26.9 Å². The average molecular weight is 330 g/mol. The quantitative estimate of drug-likeness (QED) is 0.806. The second kappa shape index (κ2) is 7.32. The molecule has 0 unspecified atom stereocenters. The van der Waals surface area contributed by atoms with Crippen molar-refractivity contribution in [2.24, 2.45) is 0 Å². The highest BCUT2D eigenvalue weighted by Gasteiger charge is 2.35. The van der Waals surface area contributed by atoms with Crippen LogP contribution >= 0.6 is 0 Å². The number of hydrazine groups is 1. The van der Waals surface area contributed by atoms with E-state index < -0.39 is 0 Å². The molecule has 24 heavy (non-hydrogen) atoms. The molecular weight excluding hydrogens is 304 g/mol. The lowest BCUT2D eigenvalue weighted by Gasteiger charge is -2.37. The Hall–Kier alpha value is -1.92. The van der Waals surface area contributed by atoms with E-state index in [2.05, 4.69) is 18.7 Å². The second-order valence-corrected chi connectivity index (χ2v) is 6.41. The molecule has 0 atom stereocenters. The van der Waals surface area contributed by atoms with Gasteiger partial charge in [0, 0.05) is 13.1 Å². The minimum Gasteiger partial charge on any atom is -0.303 e. The van der Waals surface area contributed by atoms with Gasteiger partial charge in [-0.15, -0.1) is 0 Å². The lowest BCUT2D eigenvalue weighted by atomic mass is 10.1. The molecule has 0 N–H and O–H groups in total. The number of nitrogens with zero attached hydrogens (tertiary/aromatic N) is 4. The van der Waals surface area contributed by atoms with Gasteiger partial charge in [0.1, 0.15) is 0 Å². The molecule has 0 aliphatic carbocycles. The number of likely N-dealkylation sites (N-methyl/N-ethyl adjacent to an activating group) is 1. The summed E-state index contributed by atoms with van der Waals surface area (Å²) in [5, 5.41) is 3.25. The first kappa shape index (κ1) is 16.9. The van der Waals surface area contributed by atoms with E-state index in [9.17, 15) is 9.59 Å². The SMILES string of the molecule is CCN(CC)CCN1CC(=O)N2Cc3ccccc3CN2C(=O)C1. The maximum absolute atomic E-state index is 12.7. The Bertz CT molecular complexity index is 570. The van der Waals surface area contributed by atoms with Gasteiger partial charge in [-0.1, -0.05) is 38.1 Å². The topological polar surface area (TPSA) is 47.1 Å². The summed E-state index contributed by atoms with van der Waals surface area (Å²) in [7, 11) is 0. The van der Waals surface area contributed by atoms with Crippen LogP contribution in [0.4, 0.5) is 0 Å². The second-order valence-electron chi connectivity index (χ2n) is 6.41. The van der Waals surface area contributed by atoms with Gasteiger partial charge in [-0.05, 0) is 24.2 Å². The zero-order chi connectivity index (χ0) is 17.1. The van der Waals surface area contributed by atoms with Crippen LogP contribution in [0, 0.1) is 0 Å². The number of hydrogen-bond donors (Lipinski definition) is 0. The number of carbonyl (C=O) groups is 2. The summed E-state index contributed by atoms with van der Waals surface area (Å²) in [6, 6.07) is 8.03. The molecule has 2 aliphatic rings. The Morgan fingerprint density at radius 1 is 0.875 bits per heavy atom. The minimum atomic E-state index is 0.00917. The van der Waals surface area contributed by atoms with Crippen LogP contribution in [0.15, 0.2) is 24.3 Å². The van der Waals surface area contributed by atoms with Crippen molar-refractivity contribution >= 4 is 11.8 Å². The lowest BCUT2D eigenvalue weighted by Crippen LogP contribution is -2.50. The first-order chi connectivity index (χ1) is 11.6. The summed E-state index contributed by atoms with van der Waals surface area (Å²) >= 11 is 0. The predicted molar refractivity (Wildman–Crippen MR) is 91.8 cm³/mol. The third-order valence-electron chi connectivity index (χ3n) is 4.97. The Labute approximate surface area is 143 Å². The van der Waals surface area contributed by atoms with Crippen molar-refractivity contribution in [2.75, 3.05) is 39.3 Å². The molecule has 0 aromatic heterocycles. The third-order valence-corrected chi connectivity index (χ3v) is 4.97. The van der Waals surface area contributed by atoms with Crippen LogP contribution in [-0.4, -0.2) is 70.9 Å². The van der Waals surface area contributed by atoms with Crippen LogP contribution in [0.3, 0.4) is 0 Å². The normalized spacial score (nSPS) is 18.6. The smallest absolute Gasteiger partial charge is 0.255 e. The Morgan fingerprint density at radius 3 is 1.83 bits per heavy atom. The number of benzene rings is 1. The monoisotopic (exact) mass is 330 g/mol. The van der Waals surface area contributed by atoms with Crippen LogP contribution in [0.25, 0.3) is 0 Å². The third kappa shape index (κ3) is 3.44. The summed E-state index contributed by atoms with van der Waals surface area (Å²) < 4.78 is 0. The Balaban J connectivity index is 1.71. The molecule has 2 amide bonds. The first-order valence-electron chi connectivity index (χ1n) is 8.74. The minimum absolute atomic E-state index is 0.00917. The molecule has 1 aromatic carbocycles. The van der Waals surface area contributed by atoms with Gasteiger partial charge in [-0.3, -0.25) is 14.5 Å². The number of rotatable bonds is 5. The van der Waals surface area contributed by atoms with E-state index in [0.29, 0.717) is 26.2 Å². The number of carbonyl (C=O) groups excluding carboxylic acids is 2. The average Bonchev–Trinajstić information content (AvgIpc) is 2.71. The van der Waals surface area contributed by atoms with Crippen molar-refractivity contribution in [1.82, 2.24) is 19.8 Å². The fraction of sp³-hybridized carbons (Fsp3) is 0.556. The van der Waals surface area contributed by atoms with E-state index in [1.54, 1.807) is 10.0 Å². The van der Waals surface area contributed by atoms with Gasteiger partial charge in [0.25, 0.3) is 11.8 Å². The molecule has 0 radical (unpaired) electrons. The standard InChI is InChI=1S/C18H26N4O2/c1-3-19(4-2)9-10-20-13-17(23)21-11-15-7-5-6-8-16(15)12-22(21)18(24)14-20/h5-8H,3-4,9-14H2,1-2H3.